The summed E-state index contributed by atoms with van der Waals surface area (Å²) < 4.78 is 5.11. The monoisotopic (exact) mass is 267 g/mol. The molecule has 6 heteroatoms. The first kappa shape index (κ1) is 15.2. The lowest BCUT2D eigenvalue weighted by atomic mass is 10.2. The molecule has 0 saturated carbocycles. The first-order chi connectivity index (χ1) is 9.01. The largest absolute Gasteiger partial charge is 0.361 e. The maximum Gasteiger partial charge on any atom is 0.220 e. The highest BCUT2D eigenvalue weighted by Crippen LogP contribution is 2.08. The van der Waals surface area contributed by atoms with Crippen LogP contribution in [-0.2, 0) is 22.4 Å². The van der Waals surface area contributed by atoms with Crippen LogP contribution in [0.3, 0.4) is 0 Å². The van der Waals surface area contributed by atoms with Crippen LogP contribution in [0.4, 0.5) is 0 Å². The fraction of sp³-hybridized carbons (Fsp3) is 0.615. The Morgan fingerprint density at radius 1 is 1.26 bits per heavy atom. The maximum absolute atomic E-state index is 11.5. The second kappa shape index (κ2) is 7.56. The summed E-state index contributed by atoms with van der Waals surface area (Å²) in [5.41, 5.74) is 0.741. The molecular formula is C13H21N3O3. The first-order valence-electron chi connectivity index (χ1n) is 6.45. The molecule has 0 atom stereocenters. The van der Waals surface area contributed by atoms with Crippen molar-refractivity contribution in [3.8, 4) is 0 Å². The zero-order chi connectivity index (χ0) is 14.3. The average molecular weight is 267 g/mol. The van der Waals surface area contributed by atoms with Gasteiger partial charge in [-0.15, -0.1) is 0 Å². The zero-order valence-corrected chi connectivity index (χ0v) is 11.7. The predicted octanol–water partition coefficient (Wildman–Crippen LogP) is 0.810. The van der Waals surface area contributed by atoms with Gasteiger partial charge >= 0.3 is 0 Å². The van der Waals surface area contributed by atoms with Crippen LogP contribution in [0.25, 0.3) is 0 Å². The molecule has 1 aromatic heterocycles. The van der Waals surface area contributed by atoms with E-state index in [0.29, 0.717) is 31.4 Å². The second-order valence-electron chi connectivity index (χ2n) is 4.68. The second-order valence-corrected chi connectivity index (χ2v) is 4.68. The number of aryl methyl sites for hydroxylation is 2. The van der Waals surface area contributed by atoms with Gasteiger partial charge in [-0.3, -0.25) is 9.59 Å². The average Bonchev–Trinajstić information content (AvgIpc) is 2.80. The van der Waals surface area contributed by atoms with Crippen molar-refractivity contribution in [2.24, 2.45) is 0 Å². The van der Waals surface area contributed by atoms with E-state index in [-0.39, 0.29) is 17.9 Å². The summed E-state index contributed by atoms with van der Waals surface area (Å²) in [6.45, 7) is 3.84. The molecule has 1 rings (SSSR count). The topological polar surface area (TPSA) is 84.2 Å². The highest BCUT2D eigenvalue weighted by atomic mass is 16.5. The molecule has 106 valence electrons. The van der Waals surface area contributed by atoms with Gasteiger partial charge in [0, 0.05) is 44.8 Å². The van der Waals surface area contributed by atoms with Crippen molar-refractivity contribution in [1.29, 1.82) is 0 Å². The van der Waals surface area contributed by atoms with Crippen molar-refractivity contribution in [1.82, 2.24) is 15.8 Å². The summed E-state index contributed by atoms with van der Waals surface area (Å²) in [5, 5.41) is 9.25. The summed E-state index contributed by atoms with van der Waals surface area (Å²) in [6.07, 6.45) is 1.82. The van der Waals surface area contributed by atoms with E-state index in [1.54, 1.807) is 13.1 Å². The summed E-state index contributed by atoms with van der Waals surface area (Å²) in [4.78, 5) is 22.5. The van der Waals surface area contributed by atoms with Gasteiger partial charge in [-0.1, -0.05) is 5.16 Å². The normalized spacial score (nSPS) is 10.5. The molecule has 2 N–H and O–H groups in total. The van der Waals surface area contributed by atoms with E-state index in [1.165, 1.54) is 0 Å². The summed E-state index contributed by atoms with van der Waals surface area (Å²) in [7, 11) is 1.60. The third-order valence-electron chi connectivity index (χ3n) is 2.54. The number of aromatic nitrogens is 1. The van der Waals surface area contributed by atoms with Gasteiger partial charge in [0.1, 0.15) is 5.76 Å². The summed E-state index contributed by atoms with van der Waals surface area (Å²) in [5.74, 6) is 0.641. The Labute approximate surface area is 112 Å². The van der Waals surface area contributed by atoms with Gasteiger partial charge in [-0.05, 0) is 13.8 Å². The molecule has 1 heterocycles. The smallest absolute Gasteiger partial charge is 0.220 e. The van der Waals surface area contributed by atoms with Crippen molar-refractivity contribution < 1.29 is 14.1 Å². The van der Waals surface area contributed by atoms with E-state index < -0.39 is 0 Å². The van der Waals surface area contributed by atoms with Crippen LogP contribution in [0, 0.1) is 0 Å². The van der Waals surface area contributed by atoms with Gasteiger partial charge in [0.2, 0.25) is 11.8 Å². The van der Waals surface area contributed by atoms with E-state index in [1.807, 2.05) is 13.8 Å². The molecule has 2 amide bonds. The highest BCUT2D eigenvalue weighted by molar-refractivity contribution is 5.76. The zero-order valence-electron chi connectivity index (χ0n) is 11.7. The van der Waals surface area contributed by atoms with Crippen LogP contribution < -0.4 is 10.6 Å². The molecule has 0 spiro atoms. The minimum atomic E-state index is -0.0331. The summed E-state index contributed by atoms with van der Waals surface area (Å²) >= 11 is 0. The number of amides is 2. The van der Waals surface area contributed by atoms with Crippen LogP contribution in [0.1, 0.15) is 38.1 Å². The van der Waals surface area contributed by atoms with Crippen LogP contribution in [0.2, 0.25) is 0 Å². The Morgan fingerprint density at radius 3 is 2.58 bits per heavy atom. The molecule has 0 unspecified atom stereocenters. The maximum atomic E-state index is 11.5. The number of nitrogens with zero attached hydrogens (tertiary/aromatic N) is 1. The van der Waals surface area contributed by atoms with Crippen LogP contribution in [-0.4, -0.2) is 30.1 Å². The Bertz CT molecular complexity index is 427. The molecule has 0 aromatic carbocycles. The van der Waals surface area contributed by atoms with Crippen LogP contribution in [0.5, 0.6) is 0 Å². The van der Waals surface area contributed by atoms with Crippen molar-refractivity contribution in [3.05, 3.63) is 17.5 Å². The third-order valence-corrected chi connectivity index (χ3v) is 2.54. The van der Waals surface area contributed by atoms with Gasteiger partial charge in [-0.2, -0.15) is 0 Å². The van der Waals surface area contributed by atoms with Crippen LogP contribution >= 0.6 is 0 Å². The van der Waals surface area contributed by atoms with Gasteiger partial charge in [0.25, 0.3) is 0 Å². The molecule has 19 heavy (non-hydrogen) atoms. The number of hydrogen-bond donors (Lipinski definition) is 2. The van der Waals surface area contributed by atoms with Gasteiger partial charge < -0.3 is 15.2 Å². The molecule has 6 nitrogen and oxygen atoms in total. The SMILES string of the molecule is CNC(=O)CCc1cc(CCC(=O)NC(C)C)no1. The lowest BCUT2D eigenvalue weighted by Gasteiger charge is -2.06. The molecule has 0 aliphatic rings. The van der Waals surface area contributed by atoms with Crippen molar-refractivity contribution in [2.45, 2.75) is 45.6 Å². The Balaban J connectivity index is 2.34. The number of hydrogen-bond acceptors (Lipinski definition) is 4. The predicted molar refractivity (Wildman–Crippen MR) is 70.5 cm³/mol. The first-order valence-corrected chi connectivity index (χ1v) is 6.45. The standard InChI is InChI=1S/C13H21N3O3/c1-9(2)15-13(18)6-4-10-8-11(19-16-10)5-7-12(17)14-3/h8-9H,4-7H2,1-3H3,(H,14,17)(H,15,18). The summed E-state index contributed by atoms with van der Waals surface area (Å²) in [6, 6.07) is 1.94. The molecule has 0 saturated heterocycles. The third kappa shape index (κ3) is 6.03. The van der Waals surface area contributed by atoms with E-state index >= 15 is 0 Å². The fourth-order valence-corrected chi connectivity index (χ4v) is 1.59. The van der Waals surface area contributed by atoms with E-state index in [2.05, 4.69) is 15.8 Å². The number of carbonyl (C=O) groups excluding carboxylic acids is 2. The molecule has 1 aromatic rings. The lowest BCUT2D eigenvalue weighted by molar-refractivity contribution is -0.122. The Morgan fingerprint density at radius 2 is 1.95 bits per heavy atom. The van der Waals surface area contributed by atoms with Crippen molar-refractivity contribution >= 4 is 11.8 Å². The molecule has 0 fully saturated rings. The van der Waals surface area contributed by atoms with Gasteiger partial charge in [0.15, 0.2) is 0 Å². The van der Waals surface area contributed by atoms with E-state index in [4.69, 9.17) is 4.52 Å². The molecular weight excluding hydrogens is 246 g/mol. The van der Waals surface area contributed by atoms with E-state index in [9.17, 15) is 9.59 Å². The molecule has 0 aliphatic carbocycles. The van der Waals surface area contributed by atoms with Crippen molar-refractivity contribution in [3.63, 3.8) is 0 Å². The molecule has 0 aliphatic heterocycles. The minimum absolute atomic E-state index is 0.00455. The number of carbonyl (C=O) groups is 2. The number of rotatable bonds is 7. The quantitative estimate of drug-likeness (QED) is 0.765. The number of nitrogens with one attached hydrogen (secondary N) is 2. The van der Waals surface area contributed by atoms with Gasteiger partial charge in [0.05, 0.1) is 5.69 Å². The highest BCUT2D eigenvalue weighted by Gasteiger charge is 2.09. The molecule has 0 bridgehead atoms. The lowest BCUT2D eigenvalue weighted by Crippen LogP contribution is -2.30. The minimum Gasteiger partial charge on any atom is -0.361 e. The fourth-order valence-electron chi connectivity index (χ4n) is 1.59. The molecule has 0 radical (unpaired) electrons. The Hall–Kier alpha value is -1.85. The van der Waals surface area contributed by atoms with E-state index in [0.717, 1.165) is 5.69 Å². The van der Waals surface area contributed by atoms with Crippen LogP contribution in [0.15, 0.2) is 10.6 Å². The van der Waals surface area contributed by atoms with Crippen molar-refractivity contribution in [2.75, 3.05) is 7.05 Å². The Kier molecular flexibility index (Phi) is 6.05. The van der Waals surface area contributed by atoms with Gasteiger partial charge in [-0.25, -0.2) is 0 Å².